The van der Waals surface area contributed by atoms with Crippen LogP contribution in [0.2, 0.25) is 0 Å². The number of ether oxygens (including phenoxy) is 2. The first-order chi connectivity index (χ1) is 3.43. The number of hydrogen-bond donors (Lipinski definition) is 0. The molecule has 8 heavy (non-hydrogen) atoms. The van der Waals surface area contributed by atoms with Gasteiger partial charge in [-0.25, -0.2) is 0 Å². The third-order valence-electron chi connectivity index (χ3n) is 0.817. The quantitative estimate of drug-likeness (QED) is 0.448. The van der Waals surface area contributed by atoms with Gasteiger partial charge in [0.15, 0.2) is 6.29 Å². The molecular formula is C4H9BrMgO2. The van der Waals surface area contributed by atoms with Crippen molar-refractivity contribution in [1.29, 1.82) is 0 Å². The van der Waals surface area contributed by atoms with Gasteiger partial charge >= 0.3 is 23.1 Å². The minimum atomic E-state index is 0. The van der Waals surface area contributed by atoms with Crippen molar-refractivity contribution >= 4 is 39.0 Å². The Bertz CT molecular complexity index is 63.2. The SMILES string of the molecule is BrCC1OCCO1.[H-].[H-].[Mg+2]. The summed E-state index contributed by atoms with van der Waals surface area (Å²) < 4.78 is 10.1. The maximum Gasteiger partial charge on any atom is 2.00 e. The Kier molecular flexibility index (Phi) is 5.72. The van der Waals surface area contributed by atoms with Gasteiger partial charge in [0.05, 0.1) is 18.5 Å². The smallest absolute Gasteiger partial charge is 1.00 e. The predicted molar refractivity (Wildman–Crippen MR) is 37.5 cm³/mol. The van der Waals surface area contributed by atoms with Crippen molar-refractivity contribution in [3.63, 3.8) is 0 Å². The van der Waals surface area contributed by atoms with Crippen LogP contribution >= 0.6 is 15.9 Å². The second-order valence-corrected chi connectivity index (χ2v) is 1.97. The van der Waals surface area contributed by atoms with Gasteiger partial charge in [0.25, 0.3) is 0 Å². The number of halogens is 1. The molecule has 0 bridgehead atoms. The van der Waals surface area contributed by atoms with Gasteiger partial charge in [0, 0.05) is 0 Å². The van der Waals surface area contributed by atoms with Crippen LogP contribution in [0.25, 0.3) is 0 Å². The van der Waals surface area contributed by atoms with Gasteiger partial charge in [-0.1, -0.05) is 15.9 Å². The van der Waals surface area contributed by atoms with Crippen molar-refractivity contribution in [1.82, 2.24) is 0 Å². The molecule has 1 saturated heterocycles. The molecule has 0 N–H and O–H groups in total. The summed E-state index contributed by atoms with van der Waals surface area (Å²) >= 11 is 3.23. The molecule has 46 valence electrons. The van der Waals surface area contributed by atoms with E-state index in [1.165, 1.54) is 0 Å². The number of hydrogen-bond acceptors (Lipinski definition) is 2. The van der Waals surface area contributed by atoms with Gasteiger partial charge in [-0.05, 0) is 0 Å². The molecule has 0 spiro atoms. The Hall–Kier alpha value is 1.17. The zero-order valence-electron chi connectivity index (χ0n) is 6.60. The zero-order chi connectivity index (χ0) is 5.11. The van der Waals surface area contributed by atoms with Gasteiger partial charge in [0.1, 0.15) is 0 Å². The maximum atomic E-state index is 5.03. The number of rotatable bonds is 1. The maximum absolute atomic E-state index is 5.03. The van der Waals surface area contributed by atoms with Crippen molar-refractivity contribution in [3.8, 4) is 0 Å². The van der Waals surface area contributed by atoms with Crippen molar-refractivity contribution in [3.05, 3.63) is 0 Å². The Morgan fingerprint density at radius 1 is 1.50 bits per heavy atom. The largest absolute Gasteiger partial charge is 2.00 e. The molecule has 1 rings (SSSR count). The first-order valence-electron chi connectivity index (χ1n) is 2.22. The van der Waals surface area contributed by atoms with Crippen LogP contribution in [0.5, 0.6) is 0 Å². The van der Waals surface area contributed by atoms with E-state index in [1.54, 1.807) is 0 Å². The van der Waals surface area contributed by atoms with Crippen molar-refractivity contribution in [2.75, 3.05) is 18.5 Å². The molecule has 1 fully saturated rings. The molecule has 0 aromatic heterocycles. The Morgan fingerprint density at radius 2 is 2.00 bits per heavy atom. The Labute approximate surface area is 76.2 Å². The minimum Gasteiger partial charge on any atom is -1.00 e. The second kappa shape index (κ2) is 4.99. The molecule has 4 heteroatoms. The van der Waals surface area contributed by atoms with E-state index in [9.17, 15) is 0 Å². The summed E-state index contributed by atoms with van der Waals surface area (Å²) in [7, 11) is 0. The average molecular weight is 193 g/mol. The molecule has 0 atom stereocenters. The van der Waals surface area contributed by atoms with E-state index < -0.39 is 0 Å². The number of alkyl halides is 1. The molecule has 1 aliphatic rings. The molecule has 0 unspecified atom stereocenters. The molecule has 0 radical (unpaired) electrons. The van der Waals surface area contributed by atoms with Crippen LogP contribution in [0.4, 0.5) is 0 Å². The second-order valence-electron chi connectivity index (χ2n) is 1.33. The fourth-order valence-electron chi connectivity index (χ4n) is 0.496. The third-order valence-corrected chi connectivity index (χ3v) is 1.35. The van der Waals surface area contributed by atoms with Crippen LogP contribution in [0.1, 0.15) is 2.85 Å². The Balaban J connectivity index is -0.000000163. The van der Waals surface area contributed by atoms with Crippen LogP contribution in [-0.4, -0.2) is 47.9 Å². The van der Waals surface area contributed by atoms with E-state index in [-0.39, 0.29) is 32.2 Å². The standard InChI is InChI=1S/C4H7BrO2.Mg.2H/c5-3-4-6-1-2-7-4;;;/h4H,1-3H2;;;/q;+2;2*-1. The molecule has 0 aliphatic carbocycles. The summed E-state index contributed by atoms with van der Waals surface area (Å²) in [4.78, 5) is 0. The monoisotopic (exact) mass is 192 g/mol. The predicted octanol–water partition coefficient (Wildman–Crippen LogP) is 0.598. The van der Waals surface area contributed by atoms with Crippen LogP contribution in [0.3, 0.4) is 0 Å². The van der Waals surface area contributed by atoms with Gasteiger partial charge in [-0.3, -0.25) is 0 Å². The summed E-state index contributed by atoms with van der Waals surface area (Å²) in [5, 5.41) is 0.785. The van der Waals surface area contributed by atoms with E-state index in [0.29, 0.717) is 0 Å². The van der Waals surface area contributed by atoms with Crippen molar-refractivity contribution < 1.29 is 12.3 Å². The zero-order valence-corrected chi connectivity index (χ0v) is 7.60. The topological polar surface area (TPSA) is 18.5 Å². The van der Waals surface area contributed by atoms with Crippen molar-refractivity contribution in [2.45, 2.75) is 6.29 Å². The normalized spacial score (nSPS) is 20.6. The van der Waals surface area contributed by atoms with Crippen LogP contribution < -0.4 is 0 Å². The van der Waals surface area contributed by atoms with Crippen LogP contribution in [-0.2, 0) is 9.47 Å². The van der Waals surface area contributed by atoms with Crippen molar-refractivity contribution in [2.24, 2.45) is 0 Å². The van der Waals surface area contributed by atoms with Crippen LogP contribution in [0.15, 0.2) is 0 Å². The van der Waals surface area contributed by atoms with Gasteiger partial charge < -0.3 is 12.3 Å². The molecule has 0 aromatic carbocycles. The Morgan fingerprint density at radius 3 is 2.25 bits per heavy atom. The first kappa shape index (κ1) is 9.17. The van der Waals surface area contributed by atoms with E-state index in [4.69, 9.17) is 9.47 Å². The first-order valence-corrected chi connectivity index (χ1v) is 3.35. The molecule has 1 aliphatic heterocycles. The molecule has 1 heterocycles. The van der Waals surface area contributed by atoms with E-state index in [0.717, 1.165) is 18.5 Å². The van der Waals surface area contributed by atoms with Gasteiger partial charge in [0.2, 0.25) is 0 Å². The summed E-state index contributed by atoms with van der Waals surface area (Å²) in [6, 6.07) is 0. The third kappa shape index (κ3) is 2.64. The minimum absolute atomic E-state index is 0. The summed E-state index contributed by atoms with van der Waals surface area (Å²) in [6.07, 6.45) is 0.0139. The molecule has 2 nitrogen and oxygen atoms in total. The average Bonchev–Trinajstić information content (AvgIpc) is 2.14. The van der Waals surface area contributed by atoms with Gasteiger partial charge in [-0.15, -0.1) is 0 Å². The van der Waals surface area contributed by atoms with E-state index in [2.05, 4.69) is 15.9 Å². The van der Waals surface area contributed by atoms with Crippen LogP contribution in [0, 0.1) is 0 Å². The molecule has 0 saturated carbocycles. The van der Waals surface area contributed by atoms with E-state index in [1.807, 2.05) is 0 Å². The molecular weight excluding hydrogens is 184 g/mol. The van der Waals surface area contributed by atoms with Gasteiger partial charge in [-0.2, -0.15) is 0 Å². The summed E-state index contributed by atoms with van der Waals surface area (Å²) in [5.41, 5.74) is 0. The fourth-order valence-corrected chi connectivity index (χ4v) is 0.870. The molecule has 0 aromatic rings. The molecule has 0 amide bonds. The fraction of sp³-hybridized carbons (Fsp3) is 1.00. The summed E-state index contributed by atoms with van der Waals surface area (Å²) in [5.74, 6) is 0. The summed E-state index contributed by atoms with van der Waals surface area (Å²) in [6.45, 7) is 1.49. The van der Waals surface area contributed by atoms with E-state index >= 15 is 0 Å².